The first-order chi connectivity index (χ1) is 12.6. The molecule has 0 radical (unpaired) electrons. The summed E-state index contributed by atoms with van der Waals surface area (Å²) < 4.78 is 78.5. The summed E-state index contributed by atoms with van der Waals surface area (Å²) in [6, 6.07) is 12.3. The fraction of sp³-hybridized carbons (Fsp3) is 0.167. The molecule has 1 atom stereocenters. The number of aromatic nitrogens is 2. The van der Waals surface area contributed by atoms with Gasteiger partial charge in [-0.2, -0.15) is 31.6 Å². The Bertz CT molecular complexity index is 1020. The van der Waals surface area contributed by atoms with Crippen molar-refractivity contribution in [2.24, 2.45) is 0 Å². The van der Waals surface area contributed by atoms with Gasteiger partial charge in [0, 0.05) is 5.39 Å². The molecule has 27 heavy (non-hydrogen) atoms. The van der Waals surface area contributed by atoms with Crippen LogP contribution in [0.2, 0.25) is 0 Å². The van der Waals surface area contributed by atoms with Gasteiger partial charge in [-0.25, -0.2) is 9.97 Å². The summed E-state index contributed by atoms with van der Waals surface area (Å²) in [5, 5.41) is 8.84. The van der Waals surface area contributed by atoms with Gasteiger partial charge in [0.05, 0.1) is 17.3 Å². The Kier molecular flexibility index (Phi) is 4.51. The van der Waals surface area contributed by atoms with Gasteiger partial charge in [0.2, 0.25) is 0 Å². The van der Waals surface area contributed by atoms with Crippen LogP contribution in [-0.2, 0) is 12.4 Å². The lowest BCUT2D eigenvalue weighted by Crippen LogP contribution is -2.14. The molecule has 0 spiro atoms. The van der Waals surface area contributed by atoms with E-state index in [0.29, 0.717) is 5.56 Å². The molecule has 0 fully saturated rings. The number of rotatable bonds is 2. The molecular weight excluding hydrogens is 372 g/mol. The minimum atomic E-state index is -5.07. The lowest BCUT2D eigenvalue weighted by molar-refractivity contribution is -0.144. The van der Waals surface area contributed by atoms with Crippen molar-refractivity contribution in [1.82, 2.24) is 9.97 Å². The lowest BCUT2D eigenvalue weighted by atomic mass is 9.96. The zero-order chi connectivity index (χ0) is 19.8. The molecule has 3 aromatic rings. The monoisotopic (exact) mass is 381 g/mol. The quantitative estimate of drug-likeness (QED) is 0.565. The van der Waals surface area contributed by atoms with Crippen molar-refractivity contribution in [3.8, 4) is 6.07 Å². The molecule has 0 bridgehead atoms. The van der Waals surface area contributed by atoms with Crippen molar-refractivity contribution in [3.63, 3.8) is 0 Å². The van der Waals surface area contributed by atoms with Crippen molar-refractivity contribution in [3.05, 3.63) is 71.0 Å². The van der Waals surface area contributed by atoms with Crippen molar-refractivity contribution in [2.45, 2.75) is 18.3 Å². The summed E-state index contributed by atoms with van der Waals surface area (Å²) in [5.41, 5.74) is -3.37. The average molecular weight is 381 g/mol. The number of nitriles is 1. The number of alkyl halides is 6. The van der Waals surface area contributed by atoms with E-state index in [1.54, 1.807) is 30.3 Å². The van der Waals surface area contributed by atoms with Crippen molar-refractivity contribution in [1.29, 1.82) is 5.26 Å². The zero-order valence-corrected chi connectivity index (χ0v) is 13.3. The van der Waals surface area contributed by atoms with Gasteiger partial charge in [-0.1, -0.05) is 30.3 Å². The molecule has 0 saturated heterocycles. The van der Waals surface area contributed by atoms with E-state index in [2.05, 4.69) is 9.97 Å². The SMILES string of the molecule is N#C[C@@H](c1ccccc1)c1ccc2c(C(F)(F)F)cc(C(F)(F)F)nc2n1. The minimum absolute atomic E-state index is 0.0103. The topological polar surface area (TPSA) is 49.6 Å². The van der Waals surface area contributed by atoms with E-state index in [1.165, 1.54) is 6.07 Å². The van der Waals surface area contributed by atoms with Crippen LogP contribution in [-0.4, -0.2) is 9.97 Å². The number of fused-ring (bicyclic) bond motifs is 1. The Labute approximate surface area is 148 Å². The Morgan fingerprint density at radius 2 is 1.52 bits per heavy atom. The second-order valence-corrected chi connectivity index (χ2v) is 5.63. The van der Waals surface area contributed by atoms with Gasteiger partial charge < -0.3 is 0 Å². The summed E-state index contributed by atoms with van der Waals surface area (Å²) in [7, 11) is 0. The fourth-order valence-electron chi connectivity index (χ4n) is 2.62. The second-order valence-electron chi connectivity index (χ2n) is 5.63. The molecule has 0 aliphatic heterocycles. The van der Waals surface area contributed by atoms with Crippen molar-refractivity contribution < 1.29 is 26.3 Å². The summed E-state index contributed by atoms with van der Waals surface area (Å²) >= 11 is 0. The highest BCUT2D eigenvalue weighted by molar-refractivity contribution is 5.80. The van der Waals surface area contributed by atoms with E-state index in [-0.39, 0.29) is 11.8 Å². The summed E-state index contributed by atoms with van der Waals surface area (Å²) in [5.74, 6) is -0.957. The van der Waals surface area contributed by atoms with Crippen molar-refractivity contribution in [2.75, 3.05) is 0 Å². The maximum absolute atomic E-state index is 13.2. The highest BCUT2D eigenvalue weighted by Crippen LogP contribution is 2.38. The number of pyridine rings is 2. The first-order valence-corrected chi connectivity index (χ1v) is 7.52. The molecular formula is C18H9F6N3. The second kappa shape index (κ2) is 6.54. The van der Waals surface area contributed by atoms with Crippen LogP contribution in [0, 0.1) is 11.3 Å². The Balaban J connectivity index is 2.24. The van der Waals surface area contributed by atoms with Crippen LogP contribution in [0.5, 0.6) is 0 Å². The van der Waals surface area contributed by atoms with Crippen LogP contribution in [0.25, 0.3) is 11.0 Å². The standard InChI is InChI=1S/C18H9F6N3/c19-17(20,21)13-8-15(18(22,23)24)27-16-11(13)6-7-14(26-16)12(9-25)10-4-2-1-3-5-10/h1-8,12H/t12-/m0/s1. The molecule has 3 nitrogen and oxygen atoms in total. The molecule has 2 heterocycles. The van der Waals surface area contributed by atoms with E-state index in [9.17, 15) is 31.6 Å². The van der Waals surface area contributed by atoms with Crippen LogP contribution in [0.15, 0.2) is 48.5 Å². The Morgan fingerprint density at radius 3 is 2.07 bits per heavy atom. The van der Waals surface area contributed by atoms with Crippen LogP contribution in [0.1, 0.15) is 28.4 Å². The molecule has 3 rings (SSSR count). The molecule has 0 unspecified atom stereocenters. The van der Waals surface area contributed by atoms with Gasteiger partial charge in [-0.3, -0.25) is 0 Å². The highest BCUT2D eigenvalue weighted by atomic mass is 19.4. The first kappa shape index (κ1) is 18.6. The minimum Gasteiger partial charge on any atom is -0.231 e. The molecule has 9 heteroatoms. The molecule has 0 N–H and O–H groups in total. The van der Waals surface area contributed by atoms with E-state index >= 15 is 0 Å². The molecule has 0 aliphatic rings. The predicted octanol–water partition coefficient (Wildman–Crippen LogP) is 5.32. The summed E-state index contributed by atoms with van der Waals surface area (Å²) in [6.07, 6.45) is -10.1. The number of hydrogen-bond donors (Lipinski definition) is 0. The third-order valence-corrected chi connectivity index (χ3v) is 3.85. The maximum Gasteiger partial charge on any atom is 0.433 e. The fourth-order valence-corrected chi connectivity index (χ4v) is 2.62. The lowest BCUT2D eigenvalue weighted by Gasteiger charge is -2.15. The third kappa shape index (κ3) is 3.69. The third-order valence-electron chi connectivity index (χ3n) is 3.85. The zero-order valence-electron chi connectivity index (χ0n) is 13.3. The van der Waals surface area contributed by atoms with E-state index in [0.717, 1.165) is 6.07 Å². The summed E-state index contributed by atoms with van der Waals surface area (Å²) in [6.45, 7) is 0. The van der Waals surface area contributed by atoms with Gasteiger partial charge in [0.1, 0.15) is 11.6 Å². The summed E-state index contributed by atoms with van der Waals surface area (Å²) in [4.78, 5) is 7.08. The maximum atomic E-state index is 13.2. The highest BCUT2D eigenvalue weighted by Gasteiger charge is 2.39. The van der Waals surface area contributed by atoms with E-state index in [1.807, 2.05) is 6.07 Å². The number of benzene rings is 1. The number of halogens is 6. The van der Waals surface area contributed by atoms with Crippen LogP contribution < -0.4 is 0 Å². The average Bonchev–Trinajstić information content (AvgIpc) is 2.60. The number of nitrogens with zero attached hydrogens (tertiary/aromatic N) is 3. The Morgan fingerprint density at radius 1 is 0.852 bits per heavy atom. The smallest absolute Gasteiger partial charge is 0.231 e. The molecule has 0 saturated carbocycles. The van der Waals surface area contributed by atoms with E-state index < -0.39 is 40.6 Å². The van der Waals surface area contributed by atoms with Gasteiger partial charge >= 0.3 is 12.4 Å². The van der Waals surface area contributed by atoms with Gasteiger partial charge in [0.15, 0.2) is 5.65 Å². The largest absolute Gasteiger partial charge is 0.433 e. The molecule has 0 aliphatic carbocycles. The van der Waals surface area contributed by atoms with Gasteiger partial charge in [0.25, 0.3) is 0 Å². The molecule has 2 aromatic heterocycles. The molecule has 0 amide bonds. The van der Waals surface area contributed by atoms with Gasteiger partial charge in [-0.15, -0.1) is 0 Å². The van der Waals surface area contributed by atoms with E-state index in [4.69, 9.17) is 0 Å². The van der Waals surface area contributed by atoms with Crippen LogP contribution in [0.3, 0.4) is 0 Å². The predicted molar refractivity (Wildman–Crippen MR) is 83.4 cm³/mol. The number of hydrogen-bond acceptors (Lipinski definition) is 3. The van der Waals surface area contributed by atoms with Crippen LogP contribution >= 0.6 is 0 Å². The molecule has 1 aromatic carbocycles. The van der Waals surface area contributed by atoms with Gasteiger partial charge in [-0.05, 0) is 23.8 Å². The molecule has 138 valence electrons. The normalized spacial score (nSPS) is 13.4. The first-order valence-electron chi connectivity index (χ1n) is 7.52. The van der Waals surface area contributed by atoms with Crippen molar-refractivity contribution >= 4 is 11.0 Å². The Hall–Kier alpha value is -3.15. The van der Waals surface area contributed by atoms with Crippen LogP contribution in [0.4, 0.5) is 26.3 Å².